The standard InChI is InChI=1S/C14H17FN2O2/c1-3-17-13(18)8-12(14(17)19)16-9(2)10-6-4-5-7-11(10)15/h4-7,9,12,16H,3,8H2,1-2H3. The zero-order valence-corrected chi connectivity index (χ0v) is 11.0. The van der Waals surface area contributed by atoms with E-state index in [0.29, 0.717) is 12.1 Å². The summed E-state index contributed by atoms with van der Waals surface area (Å²) in [6.45, 7) is 3.92. The molecule has 1 heterocycles. The molecule has 0 bridgehead atoms. The number of likely N-dealkylation sites (N-methyl/N-ethyl adjacent to an activating group) is 1. The Morgan fingerprint density at radius 3 is 2.68 bits per heavy atom. The lowest BCUT2D eigenvalue weighted by Gasteiger charge is -2.19. The van der Waals surface area contributed by atoms with Crippen molar-refractivity contribution in [3.8, 4) is 0 Å². The minimum atomic E-state index is -0.554. The summed E-state index contributed by atoms with van der Waals surface area (Å²) in [4.78, 5) is 24.8. The molecule has 1 aromatic rings. The molecule has 5 heteroatoms. The molecule has 1 fully saturated rings. The van der Waals surface area contributed by atoms with Gasteiger partial charge < -0.3 is 0 Å². The van der Waals surface area contributed by atoms with Crippen LogP contribution in [-0.2, 0) is 9.59 Å². The Hall–Kier alpha value is -1.75. The van der Waals surface area contributed by atoms with Crippen molar-refractivity contribution in [2.24, 2.45) is 0 Å². The van der Waals surface area contributed by atoms with E-state index < -0.39 is 6.04 Å². The number of hydrogen-bond acceptors (Lipinski definition) is 3. The summed E-state index contributed by atoms with van der Waals surface area (Å²) in [7, 11) is 0. The minimum absolute atomic E-state index is 0.144. The lowest BCUT2D eigenvalue weighted by molar-refractivity contribution is -0.138. The normalized spacial score (nSPS) is 21.0. The van der Waals surface area contributed by atoms with Crippen molar-refractivity contribution in [2.75, 3.05) is 6.54 Å². The van der Waals surface area contributed by atoms with Crippen molar-refractivity contribution in [3.05, 3.63) is 35.6 Å². The molecule has 0 saturated carbocycles. The van der Waals surface area contributed by atoms with Crippen molar-refractivity contribution in [2.45, 2.75) is 32.4 Å². The highest BCUT2D eigenvalue weighted by atomic mass is 19.1. The molecule has 102 valence electrons. The van der Waals surface area contributed by atoms with Crippen LogP contribution in [0.5, 0.6) is 0 Å². The second-order valence-corrected chi connectivity index (χ2v) is 4.64. The summed E-state index contributed by atoms with van der Waals surface area (Å²) in [6, 6.07) is 5.55. The average Bonchev–Trinajstić information content (AvgIpc) is 2.64. The number of halogens is 1. The molecule has 0 spiro atoms. The van der Waals surface area contributed by atoms with Crippen LogP contribution >= 0.6 is 0 Å². The lowest BCUT2D eigenvalue weighted by atomic mass is 10.1. The van der Waals surface area contributed by atoms with E-state index in [4.69, 9.17) is 0 Å². The van der Waals surface area contributed by atoms with E-state index in [0.717, 1.165) is 0 Å². The van der Waals surface area contributed by atoms with Gasteiger partial charge in [-0.15, -0.1) is 0 Å². The van der Waals surface area contributed by atoms with Gasteiger partial charge in [0.2, 0.25) is 11.8 Å². The van der Waals surface area contributed by atoms with Gasteiger partial charge in [0.15, 0.2) is 0 Å². The summed E-state index contributed by atoms with van der Waals surface area (Å²) in [5, 5.41) is 3.03. The third-order valence-corrected chi connectivity index (χ3v) is 3.38. The number of likely N-dealkylation sites (tertiary alicyclic amines) is 1. The van der Waals surface area contributed by atoms with Gasteiger partial charge in [-0.3, -0.25) is 19.8 Å². The number of imide groups is 1. The molecule has 1 aliphatic rings. The fourth-order valence-electron chi connectivity index (χ4n) is 2.36. The monoisotopic (exact) mass is 264 g/mol. The number of carbonyl (C=O) groups is 2. The SMILES string of the molecule is CCN1C(=O)CC(NC(C)c2ccccc2F)C1=O. The molecular weight excluding hydrogens is 247 g/mol. The predicted molar refractivity (Wildman–Crippen MR) is 68.7 cm³/mol. The highest BCUT2D eigenvalue weighted by Gasteiger charge is 2.38. The van der Waals surface area contributed by atoms with Gasteiger partial charge in [0.05, 0.1) is 12.5 Å². The number of hydrogen-bond donors (Lipinski definition) is 1. The summed E-state index contributed by atoms with van der Waals surface area (Å²) in [6.07, 6.45) is 0.144. The highest BCUT2D eigenvalue weighted by Crippen LogP contribution is 2.20. The van der Waals surface area contributed by atoms with E-state index in [-0.39, 0.29) is 30.1 Å². The number of carbonyl (C=O) groups excluding carboxylic acids is 2. The molecule has 1 aromatic carbocycles. The molecule has 2 amide bonds. The molecule has 2 rings (SSSR count). The first kappa shape index (κ1) is 13.7. The largest absolute Gasteiger partial charge is 0.299 e. The van der Waals surface area contributed by atoms with E-state index in [1.165, 1.54) is 11.0 Å². The van der Waals surface area contributed by atoms with Crippen LogP contribution in [-0.4, -0.2) is 29.3 Å². The van der Waals surface area contributed by atoms with Gasteiger partial charge in [0.25, 0.3) is 0 Å². The van der Waals surface area contributed by atoms with Crippen LogP contribution in [0.25, 0.3) is 0 Å². The smallest absolute Gasteiger partial charge is 0.246 e. The Morgan fingerprint density at radius 1 is 1.42 bits per heavy atom. The molecule has 0 radical (unpaired) electrons. The molecule has 1 aliphatic heterocycles. The van der Waals surface area contributed by atoms with Gasteiger partial charge in [-0.2, -0.15) is 0 Å². The van der Waals surface area contributed by atoms with Crippen LogP contribution in [0.2, 0.25) is 0 Å². The van der Waals surface area contributed by atoms with Crippen LogP contribution in [0.3, 0.4) is 0 Å². The van der Waals surface area contributed by atoms with Crippen LogP contribution in [0.4, 0.5) is 4.39 Å². The molecule has 19 heavy (non-hydrogen) atoms. The second kappa shape index (κ2) is 5.48. The zero-order chi connectivity index (χ0) is 14.0. The van der Waals surface area contributed by atoms with E-state index in [2.05, 4.69) is 5.32 Å². The summed E-state index contributed by atoms with van der Waals surface area (Å²) in [5.74, 6) is -0.715. The maximum absolute atomic E-state index is 13.6. The summed E-state index contributed by atoms with van der Waals surface area (Å²) < 4.78 is 13.6. The molecule has 0 aromatic heterocycles. The number of nitrogens with zero attached hydrogens (tertiary/aromatic N) is 1. The fraction of sp³-hybridized carbons (Fsp3) is 0.429. The quantitative estimate of drug-likeness (QED) is 0.841. The third-order valence-electron chi connectivity index (χ3n) is 3.38. The van der Waals surface area contributed by atoms with Gasteiger partial charge in [-0.1, -0.05) is 18.2 Å². The van der Waals surface area contributed by atoms with E-state index in [1.54, 1.807) is 32.0 Å². The van der Waals surface area contributed by atoms with Crippen molar-refractivity contribution >= 4 is 11.8 Å². The molecule has 1 N–H and O–H groups in total. The molecule has 1 saturated heterocycles. The van der Waals surface area contributed by atoms with Crippen molar-refractivity contribution in [1.82, 2.24) is 10.2 Å². The number of rotatable bonds is 4. The first-order chi connectivity index (χ1) is 9.04. The lowest BCUT2D eigenvalue weighted by Crippen LogP contribution is -2.39. The molecule has 0 aliphatic carbocycles. The first-order valence-corrected chi connectivity index (χ1v) is 6.39. The van der Waals surface area contributed by atoms with Gasteiger partial charge in [0, 0.05) is 18.2 Å². The summed E-state index contributed by atoms with van der Waals surface area (Å²) >= 11 is 0. The van der Waals surface area contributed by atoms with Gasteiger partial charge in [-0.25, -0.2) is 4.39 Å². The van der Waals surface area contributed by atoms with Crippen molar-refractivity contribution < 1.29 is 14.0 Å². The van der Waals surface area contributed by atoms with Gasteiger partial charge in [-0.05, 0) is 19.9 Å². The maximum atomic E-state index is 13.6. The average molecular weight is 264 g/mol. The third kappa shape index (κ3) is 2.66. The maximum Gasteiger partial charge on any atom is 0.246 e. The van der Waals surface area contributed by atoms with Crippen LogP contribution < -0.4 is 5.32 Å². The Kier molecular flexibility index (Phi) is 3.95. The van der Waals surface area contributed by atoms with E-state index in [9.17, 15) is 14.0 Å². The number of benzene rings is 1. The van der Waals surface area contributed by atoms with Crippen LogP contribution in [0.15, 0.2) is 24.3 Å². The highest BCUT2D eigenvalue weighted by molar-refractivity contribution is 6.05. The Labute approximate surface area is 111 Å². The van der Waals surface area contributed by atoms with Crippen LogP contribution in [0, 0.1) is 5.82 Å². The number of amides is 2. The Balaban J connectivity index is 2.08. The fourth-order valence-corrected chi connectivity index (χ4v) is 2.36. The second-order valence-electron chi connectivity index (χ2n) is 4.64. The minimum Gasteiger partial charge on any atom is -0.299 e. The van der Waals surface area contributed by atoms with Crippen molar-refractivity contribution in [3.63, 3.8) is 0 Å². The molecule has 4 nitrogen and oxygen atoms in total. The predicted octanol–water partition coefficient (Wildman–Crippen LogP) is 1.62. The van der Waals surface area contributed by atoms with Crippen molar-refractivity contribution in [1.29, 1.82) is 0 Å². The molecule has 2 unspecified atom stereocenters. The summed E-state index contributed by atoms with van der Waals surface area (Å²) in [5.41, 5.74) is 0.498. The zero-order valence-electron chi connectivity index (χ0n) is 11.0. The van der Waals surface area contributed by atoms with E-state index >= 15 is 0 Å². The van der Waals surface area contributed by atoms with Gasteiger partial charge >= 0.3 is 0 Å². The first-order valence-electron chi connectivity index (χ1n) is 6.39. The Bertz CT molecular complexity index is 504. The Morgan fingerprint density at radius 2 is 2.11 bits per heavy atom. The number of nitrogens with one attached hydrogen (secondary N) is 1. The van der Waals surface area contributed by atoms with Crippen LogP contribution in [0.1, 0.15) is 31.9 Å². The van der Waals surface area contributed by atoms with Gasteiger partial charge in [0.1, 0.15) is 5.82 Å². The van der Waals surface area contributed by atoms with E-state index in [1.807, 2.05) is 0 Å². The molecular formula is C14H17FN2O2. The topological polar surface area (TPSA) is 49.4 Å². The molecule has 2 atom stereocenters.